The highest BCUT2D eigenvalue weighted by atomic mass is 16.6. The third-order valence-electron chi connectivity index (χ3n) is 2.30. The van der Waals surface area contributed by atoms with Gasteiger partial charge in [-0.3, -0.25) is 9.59 Å². The van der Waals surface area contributed by atoms with Crippen LogP contribution in [-0.4, -0.2) is 24.3 Å². The molecule has 0 N–H and O–H groups in total. The maximum atomic E-state index is 11.3. The Balaban J connectivity index is 2.02. The fourth-order valence-electron chi connectivity index (χ4n) is 1.55. The van der Waals surface area contributed by atoms with Crippen molar-refractivity contribution in [2.24, 2.45) is 5.92 Å². The average molecular weight is 154 g/mol. The van der Waals surface area contributed by atoms with E-state index in [1.54, 1.807) is 0 Å². The summed E-state index contributed by atoms with van der Waals surface area (Å²) in [5, 5.41) is 0. The van der Waals surface area contributed by atoms with Crippen molar-refractivity contribution in [3.8, 4) is 0 Å². The second-order valence-corrected chi connectivity index (χ2v) is 3.14. The molecule has 1 aliphatic heterocycles. The summed E-state index contributed by atoms with van der Waals surface area (Å²) >= 11 is 0. The lowest BCUT2D eigenvalue weighted by Crippen LogP contribution is -2.23. The van der Waals surface area contributed by atoms with Gasteiger partial charge in [-0.2, -0.15) is 0 Å². The van der Waals surface area contributed by atoms with Gasteiger partial charge in [-0.25, -0.2) is 0 Å². The second kappa shape index (κ2) is 2.41. The van der Waals surface area contributed by atoms with Crippen LogP contribution >= 0.6 is 0 Å². The Morgan fingerprint density at radius 1 is 1.55 bits per heavy atom. The van der Waals surface area contributed by atoms with Gasteiger partial charge >= 0.3 is 0 Å². The molecule has 11 heavy (non-hydrogen) atoms. The summed E-state index contributed by atoms with van der Waals surface area (Å²) < 4.78 is 4.83. The van der Waals surface area contributed by atoms with Crippen LogP contribution in [0.3, 0.4) is 0 Å². The number of hydrogen-bond acceptors (Lipinski definition) is 3. The Morgan fingerprint density at radius 3 is 2.73 bits per heavy atom. The summed E-state index contributed by atoms with van der Waals surface area (Å²) in [6.45, 7) is 0.530. The van der Waals surface area contributed by atoms with Crippen molar-refractivity contribution in [2.45, 2.75) is 25.4 Å². The Hall–Kier alpha value is -0.700. The van der Waals surface area contributed by atoms with Crippen LogP contribution in [0, 0.1) is 5.92 Å². The van der Waals surface area contributed by atoms with E-state index in [1.165, 1.54) is 0 Å². The minimum Gasteiger partial charge on any atom is -0.365 e. The molecular formula is C8H10O3. The first-order chi connectivity index (χ1) is 5.29. The molecule has 0 radical (unpaired) electrons. The van der Waals surface area contributed by atoms with Crippen LogP contribution in [0.5, 0.6) is 0 Å². The van der Waals surface area contributed by atoms with Crippen LogP contribution in [0.4, 0.5) is 0 Å². The smallest absolute Gasteiger partial charge is 0.174 e. The predicted octanol–water partition coefficient (Wildman–Crippen LogP) is 0.323. The van der Waals surface area contributed by atoms with E-state index in [1.807, 2.05) is 0 Å². The van der Waals surface area contributed by atoms with Gasteiger partial charge in [0.1, 0.15) is 11.9 Å². The van der Waals surface area contributed by atoms with Gasteiger partial charge in [0.25, 0.3) is 0 Å². The summed E-state index contributed by atoms with van der Waals surface area (Å²) in [6.07, 6.45) is 1.98. The molecule has 3 nitrogen and oxygen atoms in total. The van der Waals surface area contributed by atoms with Crippen molar-refractivity contribution in [2.75, 3.05) is 6.61 Å². The van der Waals surface area contributed by atoms with Crippen LogP contribution in [0.2, 0.25) is 0 Å². The summed E-state index contributed by atoms with van der Waals surface area (Å²) in [5.41, 5.74) is 0. The molecule has 2 rings (SSSR count). The SMILES string of the molecule is O=C1CCCC1C(=O)C1CO1. The molecule has 1 heterocycles. The molecule has 2 atom stereocenters. The Morgan fingerprint density at radius 2 is 2.27 bits per heavy atom. The number of ketones is 2. The largest absolute Gasteiger partial charge is 0.365 e. The number of carbonyl (C=O) groups is 2. The average Bonchev–Trinajstić information content (AvgIpc) is 2.74. The van der Waals surface area contributed by atoms with Crippen LogP contribution in [-0.2, 0) is 14.3 Å². The van der Waals surface area contributed by atoms with E-state index in [0.29, 0.717) is 13.0 Å². The maximum Gasteiger partial charge on any atom is 0.174 e. The highest BCUT2D eigenvalue weighted by molar-refractivity contribution is 6.06. The zero-order valence-corrected chi connectivity index (χ0v) is 6.21. The predicted molar refractivity (Wildman–Crippen MR) is 37.1 cm³/mol. The van der Waals surface area contributed by atoms with Crippen LogP contribution in [0.1, 0.15) is 19.3 Å². The molecule has 60 valence electrons. The zero-order chi connectivity index (χ0) is 7.84. The van der Waals surface area contributed by atoms with Gasteiger partial charge in [0.05, 0.1) is 12.5 Å². The number of ether oxygens (including phenoxy) is 1. The van der Waals surface area contributed by atoms with E-state index in [9.17, 15) is 9.59 Å². The Bertz CT molecular complexity index is 205. The first-order valence-electron chi connectivity index (χ1n) is 3.97. The lowest BCUT2D eigenvalue weighted by molar-refractivity contribution is -0.131. The molecule has 3 heteroatoms. The molecule has 0 spiro atoms. The van der Waals surface area contributed by atoms with E-state index in [2.05, 4.69) is 0 Å². The molecule has 1 saturated carbocycles. The molecule has 0 amide bonds. The second-order valence-electron chi connectivity index (χ2n) is 3.14. The Kier molecular flexibility index (Phi) is 1.53. The lowest BCUT2D eigenvalue weighted by atomic mass is 10.00. The molecule has 0 bridgehead atoms. The first kappa shape index (κ1) is 6.98. The molecule has 1 saturated heterocycles. The molecule has 2 aliphatic rings. The van der Waals surface area contributed by atoms with Crippen molar-refractivity contribution in [3.63, 3.8) is 0 Å². The van der Waals surface area contributed by atoms with E-state index in [0.717, 1.165) is 12.8 Å². The van der Waals surface area contributed by atoms with Gasteiger partial charge < -0.3 is 4.74 Å². The van der Waals surface area contributed by atoms with Gasteiger partial charge in [-0.15, -0.1) is 0 Å². The van der Waals surface area contributed by atoms with E-state index in [-0.39, 0.29) is 23.6 Å². The van der Waals surface area contributed by atoms with Crippen LogP contribution in [0.15, 0.2) is 0 Å². The van der Waals surface area contributed by atoms with Crippen LogP contribution in [0.25, 0.3) is 0 Å². The van der Waals surface area contributed by atoms with Crippen molar-refractivity contribution in [1.82, 2.24) is 0 Å². The summed E-state index contributed by atoms with van der Waals surface area (Å²) in [4.78, 5) is 22.3. The maximum absolute atomic E-state index is 11.3. The minimum atomic E-state index is -0.317. The van der Waals surface area contributed by atoms with Gasteiger partial charge in [-0.05, 0) is 12.8 Å². The number of rotatable bonds is 2. The van der Waals surface area contributed by atoms with E-state index >= 15 is 0 Å². The van der Waals surface area contributed by atoms with Gasteiger partial charge in [0, 0.05) is 6.42 Å². The summed E-state index contributed by atoms with van der Waals surface area (Å²) in [7, 11) is 0. The molecule has 2 fully saturated rings. The molecule has 0 aromatic rings. The zero-order valence-electron chi connectivity index (χ0n) is 6.21. The van der Waals surface area contributed by atoms with Crippen molar-refractivity contribution in [3.05, 3.63) is 0 Å². The van der Waals surface area contributed by atoms with Gasteiger partial charge in [-0.1, -0.05) is 0 Å². The molecule has 0 aromatic heterocycles. The van der Waals surface area contributed by atoms with Crippen LogP contribution < -0.4 is 0 Å². The molecule has 2 unspecified atom stereocenters. The van der Waals surface area contributed by atoms with Gasteiger partial charge in [0.15, 0.2) is 5.78 Å². The minimum absolute atomic E-state index is 0.0208. The van der Waals surface area contributed by atoms with E-state index in [4.69, 9.17) is 4.74 Å². The molecule has 0 aromatic carbocycles. The highest BCUT2D eigenvalue weighted by Crippen LogP contribution is 2.26. The molecular weight excluding hydrogens is 144 g/mol. The topological polar surface area (TPSA) is 46.7 Å². The normalized spacial score (nSPS) is 35.8. The number of carbonyl (C=O) groups excluding carboxylic acids is 2. The number of Topliss-reactive ketones (excluding diaryl/α,β-unsaturated/α-hetero) is 2. The van der Waals surface area contributed by atoms with Gasteiger partial charge in [0.2, 0.25) is 0 Å². The first-order valence-corrected chi connectivity index (χ1v) is 3.97. The monoisotopic (exact) mass is 154 g/mol. The summed E-state index contributed by atoms with van der Waals surface area (Å²) in [5.74, 6) is -0.180. The lowest BCUT2D eigenvalue weighted by Gasteiger charge is -2.01. The molecule has 1 aliphatic carbocycles. The van der Waals surface area contributed by atoms with Crippen molar-refractivity contribution in [1.29, 1.82) is 0 Å². The number of epoxide rings is 1. The quantitative estimate of drug-likeness (QED) is 0.425. The summed E-state index contributed by atoms with van der Waals surface area (Å²) in [6, 6.07) is 0. The third-order valence-corrected chi connectivity index (χ3v) is 2.30. The number of hydrogen-bond donors (Lipinski definition) is 0. The van der Waals surface area contributed by atoms with Crippen molar-refractivity contribution >= 4 is 11.6 Å². The Labute approximate surface area is 64.7 Å². The van der Waals surface area contributed by atoms with Crippen molar-refractivity contribution < 1.29 is 14.3 Å². The highest BCUT2D eigenvalue weighted by Gasteiger charge is 2.41. The third kappa shape index (κ3) is 1.20. The van der Waals surface area contributed by atoms with E-state index < -0.39 is 0 Å². The standard InChI is InChI=1S/C8H10O3/c9-6-3-1-2-5(6)8(10)7-4-11-7/h5,7H,1-4H2. The fourth-order valence-corrected chi connectivity index (χ4v) is 1.55. The fraction of sp³-hybridized carbons (Fsp3) is 0.750.